The molecular weight excluding hydrogens is 312 g/mol. The number of hydrogen-bond acceptors (Lipinski definition) is 8. The molecule has 0 radical (unpaired) electrons. The van der Waals surface area contributed by atoms with Crippen LogP contribution >= 0.6 is 11.8 Å². The maximum Gasteiger partial charge on any atom is 0.303 e. The molecule has 0 aromatic carbocycles. The molecule has 22 heavy (non-hydrogen) atoms. The van der Waals surface area contributed by atoms with Crippen LogP contribution in [0.5, 0.6) is 0 Å². The maximum absolute atomic E-state index is 11.3. The molecule has 0 aromatic rings. The molecular formula is C14H22O7S. The summed E-state index contributed by atoms with van der Waals surface area (Å²) in [7, 11) is 0. The minimum atomic E-state index is -0.797. The Balaban J connectivity index is 2.89. The van der Waals surface area contributed by atoms with Crippen LogP contribution in [0.4, 0.5) is 0 Å². The largest absolute Gasteiger partial charge is 0.463 e. The average Bonchev–Trinajstić information content (AvgIpc) is 2.38. The normalized spacial score (nSPS) is 27.8. The Morgan fingerprint density at radius 2 is 1.73 bits per heavy atom. The molecule has 1 fully saturated rings. The second kappa shape index (κ2) is 8.99. The van der Waals surface area contributed by atoms with Crippen molar-refractivity contribution in [3.05, 3.63) is 0 Å². The third-order valence-corrected chi connectivity index (χ3v) is 3.92. The van der Waals surface area contributed by atoms with E-state index in [0.29, 0.717) is 6.42 Å². The standard InChI is InChI=1S/C14H22O7S/c1-5-22-13-6-11(19-9(3)16)14(20-10(4)17)12(21-13)7-18-8(2)15/h11-14H,5-7H2,1-4H3/t11-,12-,13+,14+/m1/s1. The third kappa shape index (κ3) is 6.23. The number of ether oxygens (including phenoxy) is 4. The number of thioether (sulfide) groups is 1. The van der Waals surface area contributed by atoms with Crippen LogP contribution in [0.3, 0.4) is 0 Å². The van der Waals surface area contributed by atoms with Crippen LogP contribution in [-0.4, -0.2) is 54.0 Å². The Hall–Kier alpha value is -1.28. The molecule has 0 amide bonds. The molecule has 1 saturated heterocycles. The summed E-state index contributed by atoms with van der Waals surface area (Å²) in [6.45, 7) is 5.76. The first-order valence-corrected chi connectivity index (χ1v) is 8.13. The van der Waals surface area contributed by atoms with Crippen molar-refractivity contribution >= 4 is 29.7 Å². The van der Waals surface area contributed by atoms with E-state index in [-0.39, 0.29) is 12.0 Å². The summed E-state index contributed by atoms with van der Waals surface area (Å²) < 4.78 is 21.3. The highest BCUT2D eigenvalue weighted by Gasteiger charge is 2.43. The Morgan fingerprint density at radius 3 is 2.23 bits per heavy atom. The molecule has 0 saturated carbocycles. The predicted molar refractivity (Wildman–Crippen MR) is 79.2 cm³/mol. The van der Waals surface area contributed by atoms with Gasteiger partial charge in [0.15, 0.2) is 6.10 Å². The second-order valence-electron chi connectivity index (χ2n) is 4.82. The SMILES string of the molecule is CCS[C@H]1C[C@@H](OC(C)=O)[C@H](OC(C)=O)[C@@H](COC(C)=O)O1. The molecule has 0 N–H and O–H groups in total. The zero-order chi connectivity index (χ0) is 16.7. The summed E-state index contributed by atoms with van der Waals surface area (Å²) in [5.74, 6) is -0.620. The van der Waals surface area contributed by atoms with Crippen LogP contribution < -0.4 is 0 Å². The number of rotatable bonds is 6. The Morgan fingerprint density at radius 1 is 1.09 bits per heavy atom. The molecule has 0 aromatic heterocycles. The summed E-state index contributed by atoms with van der Waals surface area (Å²) in [5, 5.41) is 0. The fourth-order valence-electron chi connectivity index (χ4n) is 2.19. The highest BCUT2D eigenvalue weighted by atomic mass is 32.2. The fourth-order valence-corrected chi connectivity index (χ4v) is 3.11. The van der Waals surface area contributed by atoms with Gasteiger partial charge in [0.1, 0.15) is 24.3 Å². The lowest BCUT2D eigenvalue weighted by atomic mass is 10.0. The zero-order valence-corrected chi connectivity index (χ0v) is 14.0. The molecule has 0 spiro atoms. The van der Waals surface area contributed by atoms with Crippen molar-refractivity contribution in [3.63, 3.8) is 0 Å². The number of esters is 3. The molecule has 7 nitrogen and oxygen atoms in total. The molecule has 1 aliphatic rings. The minimum Gasteiger partial charge on any atom is -0.463 e. The molecule has 1 rings (SSSR count). The first-order valence-electron chi connectivity index (χ1n) is 7.08. The van der Waals surface area contributed by atoms with Crippen molar-refractivity contribution in [3.8, 4) is 0 Å². The van der Waals surface area contributed by atoms with Crippen LogP contribution in [-0.2, 0) is 33.3 Å². The van der Waals surface area contributed by atoms with Gasteiger partial charge in [-0.2, -0.15) is 0 Å². The molecule has 0 aliphatic carbocycles. The van der Waals surface area contributed by atoms with E-state index in [1.807, 2.05) is 6.92 Å². The topological polar surface area (TPSA) is 88.1 Å². The van der Waals surface area contributed by atoms with Crippen molar-refractivity contribution in [1.29, 1.82) is 0 Å². The molecule has 1 heterocycles. The van der Waals surface area contributed by atoms with Gasteiger partial charge in [-0.25, -0.2) is 0 Å². The van der Waals surface area contributed by atoms with E-state index in [1.54, 1.807) is 11.8 Å². The predicted octanol–water partition coefficient (Wildman–Crippen LogP) is 1.28. The fraction of sp³-hybridized carbons (Fsp3) is 0.786. The van der Waals surface area contributed by atoms with Gasteiger partial charge < -0.3 is 18.9 Å². The lowest BCUT2D eigenvalue weighted by molar-refractivity contribution is -0.204. The second-order valence-corrected chi connectivity index (χ2v) is 6.26. The quantitative estimate of drug-likeness (QED) is 0.530. The highest BCUT2D eigenvalue weighted by Crippen LogP contribution is 2.31. The van der Waals surface area contributed by atoms with Crippen molar-refractivity contribution in [2.24, 2.45) is 0 Å². The van der Waals surface area contributed by atoms with Crippen molar-refractivity contribution < 1.29 is 33.3 Å². The van der Waals surface area contributed by atoms with Crippen LogP contribution in [0.25, 0.3) is 0 Å². The summed E-state index contributed by atoms with van der Waals surface area (Å²) in [5.41, 5.74) is -0.221. The van der Waals surface area contributed by atoms with Gasteiger partial charge in [-0.15, -0.1) is 11.8 Å². The van der Waals surface area contributed by atoms with Crippen LogP contribution in [0.15, 0.2) is 0 Å². The maximum atomic E-state index is 11.3. The smallest absolute Gasteiger partial charge is 0.303 e. The van der Waals surface area contributed by atoms with Crippen LogP contribution in [0, 0.1) is 0 Å². The zero-order valence-electron chi connectivity index (χ0n) is 13.2. The van der Waals surface area contributed by atoms with Gasteiger partial charge in [0.05, 0.1) is 0 Å². The lowest BCUT2D eigenvalue weighted by Crippen LogP contribution is -2.53. The van der Waals surface area contributed by atoms with Gasteiger partial charge in [-0.05, 0) is 5.75 Å². The van der Waals surface area contributed by atoms with E-state index in [4.69, 9.17) is 18.9 Å². The number of hydrogen-bond donors (Lipinski definition) is 0. The molecule has 0 bridgehead atoms. The van der Waals surface area contributed by atoms with Gasteiger partial charge in [0.25, 0.3) is 0 Å². The van der Waals surface area contributed by atoms with Gasteiger partial charge in [-0.3, -0.25) is 14.4 Å². The number of carbonyl (C=O) groups is 3. The molecule has 1 aliphatic heterocycles. The van der Waals surface area contributed by atoms with Crippen molar-refractivity contribution in [2.75, 3.05) is 12.4 Å². The van der Waals surface area contributed by atoms with Crippen molar-refractivity contribution in [2.45, 2.75) is 57.9 Å². The van der Waals surface area contributed by atoms with Crippen molar-refractivity contribution in [1.82, 2.24) is 0 Å². The number of carbonyl (C=O) groups excluding carboxylic acids is 3. The lowest BCUT2D eigenvalue weighted by Gasteiger charge is -2.39. The summed E-state index contributed by atoms with van der Waals surface area (Å²) in [6.07, 6.45) is -1.68. The van der Waals surface area contributed by atoms with E-state index < -0.39 is 36.2 Å². The Bertz CT molecular complexity index is 412. The minimum absolute atomic E-state index is 0.0637. The summed E-state index contributed by atoms with van der Waals surface area (Å²) in [6, 6.07) is 0. The van der Waals surface area contributed by atoms with E-state index >= 15 is 0 Å². The van der Waals surface area contributed by atoms with E-state index in [9.17, 15) is 14.4 Å². The summed E-state index contributed by atoms with van der Waals surface area (Å²) >= 11 is 1.55. The van der Waals surface area contributed by atoms with E-state index in [1.165, 1.54) is 20.8 Å². The highest BCUT2D eigenvalue weighted by molar-refractivity contribution is 7.99. The third-order valence-electron chi connectivity index (χ3n) is 2.91. The molecule has 0 unspecified atom stereocenters. The first kappa shape index (κ1) is 18.8. The monoisotopic (exact) mass is 334 g/mol. The van der Waals surface area contributed by atoms with Gasteiger partial charge in [0.2, 0.25) is 0 Å². The molecule has 8 heteroatoms. The van der Waals surface area contributed by atoms with Gasteiger partial charge in [-0.1, -0.05) is 6.92 Å². The molecule has 126 valence electrons. The van der Waals surface area contributed by atoms with Crippen LogP contribution in [0.2, 0.25) is 0 Å². The average molecular weight is 334 g/mol. The summed E-state index contributed by atoms with van der Waals surface area (Å²) in [4.78, 5) is 33.6. The molecule has 4 atom stereocenters. The van der Waals surface area contributed by atoms with Gasteiger partial charge in [0, 0.05) is 27.2 Å². The van der Waals surface area contributed by atoms with E-state index in [0.717, 1.165) is 5.75 Å². The Kier molecular flexibility index (Phi) is 7.67. The first-order chi connectivity index (χ1) is 10.3. The Labute approximate surface area is 134 Å². The van der Waals surface area contributed by atoms with E-state index in [2.05, 4.69) is 0 Å². The van der Waals surface area contributed by atoms with Gasteiger partial charge >= 0.3 is 17.9 Å². The van der Waals surface area contributed by atoms with Crippen LogP contribution in [0.1, 0.15) is 34.1 Å².